The molecule has 2 fully saturated rings. The number of urea groups is 1. The third kappa shape index (κ3) is 4.09. The van der Waals surface area contributed by atoms with Gasteiger partial charge in [0.05, 0.1) is 12.4 Å². The number of hydrogen-bond donors (Lipinski definition) is 2. The van der Waals surface area contributed by atoms with E-state index in [1.807, 2.05) is 84.9 Å². The van der Waals surface area contributed by atoms with Crippen LogP contribution in [-0.2, 0) is 4.79 Å². The summed E-state index contributed by atoms with van der Waals surface area (Å²) in [6.45, 7) is 1.47. The second-order valence-electron chi connectivity index (χ2n) is 8.29. The zero-order chi connectivity index (χ0) is 22.7. The SMILES string of the molecule is O=C(Nc1ccccc1Oc1ccccc1)N1CCC2(CC1)C(=O)NCN2c1ccccc1. The number of anilines is 2. The average molecular weight is 443 g/mol. The van der Waals surface area contributed by atoms with Crippen molar-refractivity contribution < 1.29 is 14.3 Å². The maximum Gasteiger partial charge on any atom is 0.321 e. The molecule has 7 heteroatoms. The highest BCUT2D eigenvalue weighted by Crippen LogP contribution is 2.36. The first-order valence-electron chi connectivity index (χ1n) is 11.1. The predicted molar refractivity (Wildman–Crippen MR) is 127 cm³/mol. The van der Waals surface area contributed by atoms with Crippen molar-refractivity contribution in [2.45, 2.75) is 18.4 Å². The topological polar surface area (TPSA) is 73.9 Å². The van der Waals surface area contributed by atoms with Crippen molar-refractivity contribution in [3.8, 4) is 11.5 Å². The summed E-state index contributed by atoms with van der Waals surface area (Å²) in [5.74, 6) is 1.32. The molecular formula is C26H26N4O3. The van der Waals surface area contributed by atoms with E-state index in [0.29, 0.717) is 49.8 Å². The maximum absolute atomic E-state index is 13.1. The Labute approximate surface area is 193 Å². The van der Waals surface area contributed by atoms with E-state index in [9.17, 15) is 9.59 Å². The number of rotatable bonds is 4. The van der Waals surface area contributed by atoms with Gasteiger partial charge in [0, 0.05) is 18.8 Å². The van der Waals surface area contributed by atoms with Crippen LogP contribution >= 0.6 is 0 Å². The minimum Gasteiger partial charge on any atom is -0.455 e. The van der Waals surface area contributed by atoms with Crippen LogP contribution in [0.25, 0.3) is 0 Å². The van der Waals surface area contributed by atoms with Crippen molar-refractivity contribution in [3.63, 3.8) is 0 Å². The van der Waals surface area contributed by atoms with Gasteiger partial charge < -0.3 is 25.2 Å². The van der Waals surface area contributed by atoms with Crippen LogP contribution in [0.15, 0.2) is 84.9 Å². The van der Waals surface area contributed by atoms with Gasteiger partial charge in [-0.1, -0.05) is 48.5 Å². The van der Waals surface area contributed by atoms with Crippen molar-refractivity contribution >= 4 is 23.3 Å². The van der Waals surface area contributed by atoms with Crippen molar-refractivity contribution in [2.24, 2.45) is 0 Å². The summed E-state index contributed by atoms with van der Waals surface area (Å²) in [7, 11) is 0. The highest BCUT2D eigenvalue weighted by Gasteiger charge is 2.50. The summed E-state index contributed by atoms with van der Waals surface area (Å²) in [5.41, 5.74) is 1.00. The molecular weight excluding hydrogens is 416 g/mol. The lowest BCUT2D eigenvalue weighted by Crippen LogP contribution is -2.57. The molecule has 2 heterocycles. The minimum atomic E-state index is -0.619. The molecule has 2 aliphatic heterocycles. The van der Waals surface area contributed by atoms with Gasteiger partial charge in [-0.15, -0.1) is 0 Å². The fourth-order valence-electron chi connectivity index (χ4n) is 4.58. The first kappa shape index (κ1) is 20.9. The molecule has 0 bridgehead atoms. The lowest BCUT2D eigenvalue weighted by molar-refractivity contribution is -0.124. The highest BCUT2D eigenvalue weighted by atomic mass is 16.5. The van der Waals surface area contributed by atoms with E-state index < -0.39 is 5.54 Å². The van der Waals surface area contributed by atoms with E-state index in [4.69, 9.17) is 4.74 Å². The standard InChI is InChI=1S/C26H26N4O3/c31-24-26(30(19-27-24)20-9-3-1-4-10-20)15-17-29(18-16-26)25(32)28-22-13-7-8-14-23(22)33-21-11-5-2-6-12-21/h1-14H,15-19H2,(H,27,31)(H,28,32). The zero-order valence-corrected chi connectivity index (χ0v) is 18.2. The van der Waals surface area contributed by atoms with Crippen LogP contribution in [0.5, 0.6) is 11.5 Å². The molecule has 5 rings (SSSR count). The third-order valence-corrected chi connectivity index (χ3v) is 6.38. The number of nitrogens with one attached hydrogen (secondary N) is 2. The van der Waals surface area contributed by atoms with Crippen molar-refractivity contribution in [3.05, 3.63) is 84.9 Å². The first-order chi connectivity index (χ1) is 16.2. The molecule has 0 aliphatic carbocycles. The highest BCUT2D eigenvalue weighted by molar-refractivity contribution is 5.95. The van der Waals surface area contributed by atoms with E-state index in [2.05, 4.69) is 15.5 Å². The number of hydrogen-bond acceptors (Lipinski definition) is 4. The van der Waals surface area contributed by atoms with Crippen LogP contribution in [-0.4, -0.2) is 42.1 Å². The Morgan fingerprint density at radius 2 is 1.52 bits per heavy atom. The third-order valence-electron chi connectivity index (χ3n) is 6.38. The number of ether oxygens (including phenoxy) is 1. The molecule has 3 aromatic rings. The second kappa shape index (κ2) is 8.86. The Balaban J connectivity index is 1.27. The Morgan fingerprint density at radius 1 is 0.879 bits per heavy atom. The Morgan fingerprint density at radius 3 is 2.24 bits per heavy atom. The molecule has 2 N–H and O–H groups in total. The zero-order valence-electron chi connectivity index (χ0n) is 18.2. The molecule has 0 atom stereocenters. The quantitative estimate of drug-likeness (QED) is 0.627. The average Bonchev–Trinajstić information content (AvgIpc) is 3.17. The van der Waals surface area contributed by atoms with E-state index in [1.165, 1.54) is 0 Å². The van der Waals surface area contributed by atoms with Crippen LogP contribution in [0.2, 0.25) is 0 Å². The van der Waals surface area contributed by atoms with Gasteiger partial charge in [-0.2, -0.15) is 0 Å². The lowest BCUT2D eigenvalue weighted by atomic mass is 9.85. The fourth-order valence-corrected chi connectivity index (χ4v) is 4.58. The summed E-state index contributed by atoms with van der Waals surface area (Å²) < 4.78 is 5.96. The van der Waals surface area contributed by atoms with Crippen LogP contribution in [0.1, 0.15) is 12.8 Å². The molecule has 0 aromatic heterocycles. The van der Waals surface area contributed by atoms with Crippen LogP contribution in [0.4, 0.5) is 16.2 Å². The van der Waals surface area contributed by atoms with Crippen molar-refractivity contribution in [1.82, 2.24) is 10.2 Å². The van der Waals surface area contributed by atoms with Gasteiger partial charge in [-0.3, -0.25) is 4.79 Å². The van der Waals surface area contributed by atoms with E-state index in [1.54, 1.807) is 4.90 Å². The van der Waals surface area contributed by atoms with Crippen LogP contribution in [0, 0.1) is 0 Å². The Hall–Kier alpha value is -4.00. The minimum absolute atomic E-state index is 0.0352. The Bertz CT molecular complexity index is 1130. The smallest absolute Gasteiger partial charge is 0.321 e. The van der Waals surface area contributed by atoms with Crippen LogP contribution < -0.4 is 20.3 Å². The van der Waals surface area contributed by atoms with Gasteiger partial charge in [-0.05, 0) is 49.2 Å². The first-order valence-corrected chi connectivity index (χ1v) is 11.1. The van der Waals surface area contributed by atoms with E-state index in [0.717, 1.165) is 5.69 Å². The molecule has 0 radical (unpaired) electrons. The largest absolute Gasteiger partial charge is 0.455 e. The van der Waals surface area contributed by atoms with Crippen LogP contribution in [0.3, 0.4) is 0 Å². The van der Waals surface area contributed by atoms with E-state index >= 15 is 0 Å². The molecule has 3 amide bonds. The molecule has 0 unspecified atom stereocenters. The maximum atomic E-state index is 13.1. The van der Waals surface area contributed by atoms with Gasteiger partial charge in [0.1, 0.15) is 11.3 Å². The lowest BCUT2D eigenvalue weighted by Gasteiger charge is -2.43. The summed E-state index contributed by atoms with van der Waals surface area (Å²) in [5, 5.41) is 5.98. The summed E-state index contributed by atoms with van der Waals surface area (Å²) in [6.07, 6.45) is 1.15. The number of nitrogens with zero attached hydrogens (tertiary/aromatic N) is 2. The summed E-state index contributed by atoms with van der Waals surface area (Å²) in [4.78, 5) is 29.8. The van der Waals surface area contributed by atoms with Gasteiger partial charge >= 0.3 is 6.03 Å². The Kier molecular flexibility index (Phi) is 5.60. The van der Waals surface area contributed by atoms with Gasteiger partial charge in [-0.25, -0.2) is 4.79 Å². The van der Waals surface area contributed by atoms with Gasteiger partial charge in [0.2, 0.25) is 5.91 Å². The van der Waals surface area contributed by atoms with Crippen molar-refractivity contribution in [1.29, 1.82) is 0 Å². The fraction of sp³-hybridized carbons (Fsp3) is 0.231. The van der Waals surface area contributed by atoms with Crippen molar-refractivity contribution in [2.75, 3.05) is 30.0 Å². The summed E-state index contributed by atoms with van der Waals surface area (Å²) in [6, 6.07) is 26.6. The molecule has 33 heavy (non-hydrogen) atoms. The monoisotopic (exact) mass is 442 g/mol. The second-order valence-corrected chi connectivity index (χ2v) is 8.29. The molecule has 0 saturated carbocycles. The number of carbonyl (C=O) groups excluding carboxylic acids is 2. The normalized spacial score (nSPS) is 17.0. The van der Waals surface area contributed by atoms with E-state index in [-0.39, 0.29) is 11.9 Å². The molecule has 1 spiro atoms. The number of carbonyl (C=O) groups is 2. The molecule has 2 saturated heterocycles. The molecule has 2 aliphatic rings. The summed E-state index contributed by atoms with van der Waals surface area (Å²) >= 11 is 0. The molecule has 168 valence electrons. The van der Waals surface area contributed by atoms with Gasteiger partial charge in [0.15, 0.2) is 5.75 Å². The van der Waals surface area contributed by atoms with Gasteiger partial charge in [0.25, 0.3) is 0 Å². The number of amides is 3. The number of piperidine rings is 1. The number of benzene rings is 3. The molecule has 3 aromatic carbocycles. The molecule has 7 nitrogen and oxygen atoms in total. The predicted octanol–water partition coefficient (Wildman–Crippen LogP) is 4.44. The number of likely N-dealkylation sites (tertiary alicyclic amines) is 1. The number of para-hydroxylation sites is 4.